The molecular weight excluding hydrogens is 124 g/mol. The van der Waals surface area contributed by atoms with Gasteiger partial charge in [0, 0.05) is 6.04 Å². The average molecular weight is 134 g/mol. The lowest BCUT2D eigenvalue weighted by atomic mass is 10.3. The van der Waals surface area contributed by atoms with Crippen LogP contribution in [0.1, 0.15) is 13.3 Å². The normalized spacial score (nSPS) is 12.7. The van der Waals surface area contributed by atoms with Crippen LogP contribution in [0.5, 0.6) is 0 Å². The molecule has 2 N–H and O–H groups in total. The number of rotatable bonds is 4. The molecule has 0 aromatic carbocycles. The van der Waals surface area contributed by atoms with Crippen molar-refractivity contribution in [2.24, 2.45) is 5.73 Å². The molecule has 0 aliphatic carbocycles. The van der Waals surface area contributed by atoms with Crippen LogP contribution in [-0.4, -0.2) is 17.7 Å². The van der Waals surface area contributed by atoms with E-state index in [1.807, 2.05) is 6.92 Å². The van der Waals surface area contributed by atoms with Gasteiger partial charge in [-0.2, -0.15) is 0 Å². The van der Waals surface area contributed by atoms with Crippen LogP contribution in [0.2, 0.25) is 0 Å². The Morgan fingerprint density at radius 1 is 1.89 bits per heavy atom. The van der Waals surface area contributed by atoms with E-state index in [1.165, 1.54) is 0 Å². The number of hydrogen-bond acceptors (Lipinski definition) is 4. The fraction of sp³-hybridized carbons (Fsp3) is 1.00. The molecule has 0 amide bonds. The van der Waals surface area contributed by atoms with E-state index < -0.39 is 5.09 Å². The van der Waals surface area contributed by atoms with E-state index in [2.05, 4.69) is 4.84 Å². The smallest absolute Gasteiger partial charge is 0.294 e. The van der Waals surface area contributed by atoms with Crippen LogP contribution in [0.25, 0.3) is 0 Å². The highest BCUT2D eigenvalue weighted by atomic mass is 16.9. The summed E-state index contributed by atoms with van der Waals surface area (Å²) in [7, 11) is 0. The van der Waals surface area contributed by atoms with Crippen molar-refractivity contribution in [2.45, 2.75) is 19.4 Å². The first-order valence-corrected chi connectivity index (χ1v) is 2.69. The molecule has 0 aromatic heterocycles. The van der Waals surface area contributed by atoms with Crippen molar-refractivity contribution < 1.29 is 9.92 Å². The lowest BCUT2D eigenvalue weighted by Crippen LogP contribution is -2.26. The molecule has 0 saturated heterocycles. The van der Waals surface area contributed by atoms with Gasteiger partial charge >= 0.3 is 0 Å². The van der Waals surface area contributed by atoms with E-state index in [0.717, 1.165) is 0 Å². The lowest BCUT2D eigenvalue weighted by Gasteiger charge is -2.04. The number of nitrogens with zero attached hydrogens (tertiary/aromatic N) is 1. The van der Waals surface area contributed by atoms with E-state index in [9.17, 15) is 10.1 Å². The quantitative estimate of drug-likeness (QED) is 0.431. The molecule has 0 aliphatic rings. The number of nitrogens with two attached hydrogens (primary N) is 1. The van der Waals surface area contributed by atoms with Gasteiger partial charge in [0.25, 0.3) is 5.09 Å². The first-order chi connectivity index (χ1) is 4.16. The molecule has 0 aliphatic heterocycles. The molecule has 0 fully saturated rings. The van der Waals surface area contributed by atoms with Crippen molar-refractivity contribution in [1.82, 2.24) is 0 Å². The third-order valence-electron chi connectivity index (χ3n) is 0.918. The third-order valence-corrected chi connectivity index (χ3v) is 0.918. The van der Waals surface area contributed by atoms with Crippen LogP contribution in [-0.2, 0) is 4.84 Å². The summed E-state index contributed by atoms with van der Waals surface area (Å²) in [5.41, 5.74) is 5.29. The minimum atomic E-state index is -0.838. The second-order valence-corrected chi connectivity index (χ2v) is 1.69. The highest BCUT2D eigenvalue weighted by molar-refractivity contribution is 4.52. The Bertz CT molecular complexity index is 95.8. The molecule has 1 atom stereocenters. The molecule has 0 bridgehead atoms. The fourth-order valence-electron chi connectivity index (χ4n) is 0.274. The molecule has 0 aromatic rings. The van der Waals surface area contributed by atoms with Gasteiger partial charge in [-0.15, -0.1) is 10.1 Å². The SMILES string of the molecule is CC[C@H](N)CO[N+](=O)[O-]. The molecule has 0 heterocycles. The van der Waals surface area contributed by atoms with Gasteiger partial charge in [-0.25, -0.2) is 0 Å². The van der Waals surface area contributed by atoms with Crippen molar-refractivity contribution >= 4 is 0 Å². The van der Waals surface area contributed by atoms with Crippen molar-refractivity contribution in [3.05, 3.63) is 10.1 Å². The topological polar surface area (TPSA) is 78.4 Å². The fourth-order valence-corrected chi connectivity index (χ4v) is 0.274. The van der Waals surface area contributed by atoms with Gasteiger partial charge in [-0.1, -0.05) is 6.92 Å². The van der Waals surface area contributed by atoms with Gasteiger partial charge in [0.15, 0.2) is 0 Å². The second kappa shape index (κ2) is 4.08. The van der Waals surface area contributed by atoms with Crippen LogP contribution in [0, 0.1) is 10.1 Å². The Morgan fingerprint density at radius 2 is 2.44 bits per heavy atom. The minimum absolute atomic E-state index is 0.0104. The summed E-state index contributed by atoms with van der Waals surface area (Å²) in [6.45, 7) is 1.83. The second-order valence-electron chi connectivity index (χ2n) is 1.69. The molecule has 0 saturated carbocycles. The number of hydrogen-bond donors (Lipinski definition) is 1. The molecule has 54 valence electrons. The van der Waals surface area contributed by atoms with Crippen molar-refractivity contribution in [2.75, 3.05) is 6.61 Å². The van der Waals surface area contributed by atoms with Gasteiger partial charge in [0.2, 0.25) is 0 Å². The van der Waals surface area contributed by atoms with E-state index >= 15 is 0 Å². The van der Waals surface area contributed by atoms with Gasteiger partial charge in [0.05, 0.1) is 0 Å². The zero-order valence-electron chi connectivity index (χ0n) is 5.24. The summed E-state index contributed by atoms with van der Waals surface area (Å²) in [6.07, 6.45) is 0.688. The summed E-state index contributed by atoms with van der Waals surface area (Å²) >= 11 is 0. The van der Waals surface area contributed by atoms with E-state index in [-0.39, 0.29) is 12.6 Å². The average Bonchev–Trinajstić information content (AvgIpc) is 1.83. The molecule has 0 rings (SSSR count). The Hall–Kier alpha value is -0.840. The standard InChI is InChI=1S/C4H10N2O3/c1-2-4(5)3-9-6(7)8/h4H,2-3,5H2,1H3/t4-/m0/s1. The van der Waals surface area contributed by atoms with Crippen molar-refractivity contribution in [1.29, 1.82) is 0 Å². The molecular formula is C4H10N2O3. The largest absolute Gasteiger partial charge is 0.326 e. The van der Waals surface area contributed by atoms with Crippen LogP contribution >= 0.6 is 0 Å². The van der Waals surface area contributed by atoms with E-state index in [4.69, 9.17) is 5.73 Å². The van der Waals surface area contributed by atoms with Crippen molar-refractivity contribution in [3.63, 3.8) is 0 Å². The van der Waals surface area contributed by atoms with Crippen LogP contribution in [0.4, 0.5) is 0 Å². The molecule has 0 spiro atoms. The Labute approximate surface area is 52.9 Å². The summed E-state index contributed by atoms with van der Waals surface area (Å²) in [5, 5.41) is 8.71. The van der Waals surface area contributed by atoms with Crippen molar-refractivity contribution in [3.8, 4) is 0 Å². The molecule has 0 radical (unpaired) electrons. The maximum absolute atomic E-state index is 9.55. The molecule has 9 heavy (non-hydrogen) atoms. The first-order valence-electron chi connectivity index (χ1n) is 2.69. The Kier molecular flexibility index (Phi) is 3.70. The maximum atomic E-state index is 9.55. The van der Waals surface area contributed by atoms with Gasteiger partial charge in [0.1, 0.15) is 6.61 Å². The summed E-state index contributed by atoms with van der Waals surface area (Å²) in [5.74, 6) is 0. The van der Waals surface area contributed by atoms with Crippen LogP contribution in [0.15, 0.2) is 0 Å². The highest BCUT2D eigenvalue weighted by Gasteiger charge is 2.00. The van der Waals surface area contributed by atoms with Gasteiger partial charge in [-0.05, 0) is 6.42 Å². The third kappa shape index (κ3) is 5.02. The van der Waals surface area contributed by atoms with E-state index in [1.54, 1.807) is 0 Å². The van der Waals surface area contributed by atoms with E-state index in [0.29, 0.717) is 6.42 Å². The molecule has 0 unspecified atom stereocenters. The zero-order valence-corrected chi connectivity index (χ0v) is 5.24. The summed E-state index contributed by atoms with van der Waals surface area (Å²) in [4.78, 5) is 13.5. The van der Waals surface area contributed by atoms with Crippen LogP contribution < -0.4 is 5.73 Å². The first kappa shape index (κ1) is 8.16. The predicted octanol–water partition coefficient (Wildman–Crippen LogP) is -0.0680. The highest BCUT2D eigenvalue weighted by Crippen LogP contribution is 1.86. The Balaban J connectivity index is 3.16. The minimum Gasteiger partial charge on any atom is -0.326 e. The monoisotopic (exact) mass is 134 g/mol. The Morgan fingerprint density at radius 3 is 2.78 bits per heavy atom. The van der Waals surface area contributed by atoms with Gasteiger partial charge < -0.3 is 10.6 Å². The van der Waals surface area contributed by atoms with Crippen LogP contribution in [0.3, 0.4) is 0 Å². The van der Waals surface area contributed by atoms with Gasteiger partial charge in [-0.3, -0.25) is 0 Å². The summed E-state index contributed by atoms with van der Waals surface area (Å²) in [6, 6.07) is -0.226. The predicted molar refractivity (Wildman–Crippen MR) is 31.2 cm³/mol. The maximum Gasteiger partial charge on any atom is 0.294 e. The lowest BCUT2D eigenvalue weighted by molar-refractivity contribution is -0.758. The molecule has 5 heteroatoms. The summed E-state index contributed by atoms with van der Waals surface area (Å²) < 4.78 is 0. The molecule has 5 nitrogen and oxygen atoms in total. The zero-order chi connectivity index (χ0) is 7.28.